The van der Waals surface area contributed by atoms with Gasteiger partial charge in [0.25, 0.3) is 5.91 Å². The fraction of sp³-hybridized carbons (Fsp3) is 0.579. The second kappa shape index (κ2) is 8.18. The number of ether oxygens (including phenoxy) is 2. The van der Waals surface area contributed by atoms with Crippen LogP contribution < -0.4 is 10.1 Å². The number of para-hydroxylation sites is 1. The third kappa shape index (κ3) is 4.28. The Morgan fingerprint density at radius 3 is 2.62 bits per heavy atom. The summed E-state index contributed by atoms with van der Waals surface area (Å²) in [6.07, 6.45) is 2.45. The van der Waals surface area contributed by atoms with Crippen molar-refractivity contribution in [2.45, 2.75) is 52.2 Å². The van der Waals surface area contributed by atoms with Gasteiger partial charge in [0, 0.05) is 6.04 Å². The van der Waals surface area contributed by atoms with Gasteiger partial charge >= 0.3 is 5.97 Å². The molecule has 0 saturated heterocycles. The zero-order valence-corrected chi connectivity index (χ0v) is 14.9. The van der Waals surface area contributed by atoms with Crippen LogP contribution in [0.3, 0.4) is 0 Å². The molecule has 1 aromatic rings. The maximum Gasteiger partial charge on any atom is 0.342 e. The number of benzene rings is 1. The predicted molar refractivity (Wildman–Crippen MR) is 92.0 cm³/mol. The van der Waals surface area contributed by atoms with Crippen LogP contribution in [0.15, 0.2) is 24.3 Å². The van der Waals surface area contributed by atoms with Gasteiger partial charge in [-0.1, -0.05) is 38.8 Å². The van der Waals surface area contributed by atoms with E-state index in [0.29, 0.717) is 23.1 Å². The van der Waals surface area contributed by atoms with Gasteiger partial charge in [0.15, 0.2) is 6.10 Å². The summed E-state index contributed by atoms with van der Waals surface area (Å²) >= 11 is 0. The third-order valence-electron chi connectivity index (χ3n) is 5.01. The van der Waals surface area contributed by atoms with Crippen molar-refractivity contribution in [3.8, 4) is 5.75 Å². The van der Waals surface area contributed by atoms with E-state index in [1.807, 2.05) is 0 Å². The van der Waals surface area contributed by atoms with Gasteiger partial charge in [0.1, 0.15) is 11.3 Å². The summed E-state index contributed by atoms with van der Waals surface area (Å²) < 4.78 is 10.5. The summed E-state index contributed by atoms with van der Waals surface area (Å²) in [6.45, 7) is 5.98. The lowest BCUT2D eigenvalue weighted by atomic mass is 9.78. The lowest BCUT2D eigenvalue weighted by Crippen LogP contribution is -2.47. The summed E-state index contributed by atoms with van der Waals surface area (Å²) in [7, 11) is 1.49. The van der Waals surface area contributed by atoms with Crippen molar-refractivity contribution in [2.75, 3.05) is 7.11 Å². The monoisotopic (exact) mass is 333 g/mol. The Morgan fingerprint density at radius 1 is 1.21 bits per heavy atom. The van der Waals surface area contributed by atoms with Crippen molar-refractivity contribution < 1.29 is 19.1 Å². The number of methoxy groups -OCH3 is 1. The van der Waals surface area contributed by atoms with E-state index >= 15 is 0 Å². The van der Waals surface area contributed by atoms with E-state index in [2.05, 4.69) is 19.2 Å². The van der Waals surface area contributed by atoms with Crippen molar-refractivity contribution in [3.05, 3.63) is 29.8 Å². The number of carbonyl (C=O) groups excluding carboxylic acids is 2. The van der Waals surface area contributed by atoms with E-state index in [9.17, 15) is 9.59 Å². The van der Waals surface area contributed by atoms with Crippen LogP contribution in [0.2, 0.25) is 0 Å². The molecule has 1 aromatic carbocycles. The average molecular weight is 333 g/mol. The maximum absolute atomic E-state index is 12.4. The molecule has 5 nitrogen and oxygen atoms in total. The van der Waals surface area contributed by atoms with E-state index in [-0.39, 0.29) is 11.9 Å². The van der Waals surface area contributed by atoms with Gasteiger partial charge in [-0.15, -0.1) is 0 Å². The largest absolute Gasteiger partial charge is 0.496 e. The first-order chi connectivity index (χ1) is 11.4. The molecule has 0 unspecified atom stereocenters. The Kier molecular flexibility index (Phi) is 6.23. The molecule has 24 heavy (non-hydrogen) atoms. The summed E-state index contributed by atoms with van der Waals surface area (Å²) in [5.41, 5.74) is 0.319. The highest BCUT2D eigenvalue weighted by molar-refractivity contribution is 5.94. The van der Waals surface area contributed by atoms with Gasteiger partial charge in [-0.2, -0.15) is 0 Å². The van der Waals surface area contributed by atoms with Crippen LogP contribution >= 0.6 is 0 Å². The highest BCUT2D eigenvalue weighted by atomic mass is 16.5. The van der Waals surface area contributed by atoms with Crippen LogP contribution in [0.25, 0.3) is 0 Å². The van der Waals surface area contributed by atoms with Crippen molar-refractivity contribution >= 4 is 11.9 Å². The minimum atomic E-state index is -0.841. The standard InChI is InChI=1S/C19H27NO4/c1-12-8-7-10-16(13(12)2)20-18(21)14(3)24-19(22)15-9-5-6-11-17(15)23-4/h5-6,9,11-14,16H,7-8,10H2,1-4H3,(H,20,21)/t12-,13-,14-,16+/m1/s1. The first-order valence-electron chi connectivity index (χ1n) is 8.58. The van der Waals surface area contributed by atoms with Crippen molar-refractivity contribution in [1.29, 1.82) is 0 Å². The molecule has 1 amide bonds. The van der Waals surface area contributed by atoms with Crippen molar-refractivity contribution in [3.63, 3.8) is 0 Å². The Balaban J connectivity index is 1.95. The Morgan fingerprint density at radius 2 is 1.92 bits per heavy atom. The van der Waals surface area contributed by atoms with Gasteiger partial charge in [-0.25, -0.2) is 4.79 Å². The topological polar surface area (TPSA) is 64.6 Å². The van der Waals surface area contributed by atoms with E-state index in [1.165, 1.54) is 13.5 Å². The normalized spacial score (nSPS) is 24.8. The second-order valence-corrected chi connectivity index (χ2v) is 6.63. The maximum atomic E-state index is 12.4. The molecule has 0 aliphatic heterocycles. The van der Waals surface area contributed by atoms with Crippen LogP contribution in [0, 0.1) is 11.8 Å². The van der Waals surface area contributed by atoms with Gasteiger partial charge in [0.2, 0.25) is 0 Å². The van der Waals surface area contributed by atoms with Crippen molar-refractivity contribution in [2.24, 2.45) is 11.8 Å². The molecule has 1 aliphatic rings. The summed E-state index contributed by atoms with van der Waals surface area (Å²) in [5.74, 6) is 0.657. The lowest BCUT2D eigenvalue weighted by Gasteiger charge is -2.35. The third-order valence-corrected chi connectivity index (χ3v) is 5.01. The molecule has 0 aromatic heterocycles. The molecule has 0 heterocycles. The molecule has 4 atom stereocenters. The van der Waals surface area contributed by atoms with Crippen LogP contribution in [-0.4, -0.2) is 31.1 Å². The number of esters is 1. The fourth-order valence-corrected chi connectivity index (χ4v) is 3.18. The van der Waals surface area contributed by atoms with Crippen molar-refractivity contribution in [1.82, 2.24) is 5.32 Å². The molecule has 5 heteroatoms. The number of nitrogens with one attached hydrogen (secondary N) is 1. The SMILES string of the molecule is COc1ccccc1C(=O)O[C@H](C)C(=O)N[C@H]1CCC[C@@H](C)[C@H]1C. The van der Waals surface area contributed by atoms with Gasteiger partial charge in [0.05, 0.1) is 7.11 Å². The minimum absolute atomic E-state index is 0.147. The highest BCUT2D eigenvalue weighted by Gasteiger charge is 2.30. The molecule has 132 valence electrons. The van der Waals surface area contributed by atoms with Crippen LogP contribution in [0.4, 0.5) is 0 Å². The second-order valence-electron chi connectivity index (χ2n) is 6.63. The number of hydrogen-bond donors (Lipinski definition) is 1. The molecular weight excluding hydrogens is 306 g/mol. The van der Waals surface area contributed by atoms with Gasteiger partial charge in [-0.05, 0) is 37.3 Å². The Labute approximate surface area is 143 Å². The molecule has 1 aliphatic carbocycles. The highest BCUT2D eigenvalue weighted by Crippen LogP contribution is 2.29. The van der Waals surface area contributed by atoms with E-state index in [0.717, 1.165) is 12.8 Å². The minimum Gasteiger partial charge on any atom is -0.496 e. The summed E-state index contributed by atoms with van der Waals surface area (Å²) in [4.78, 5) is 24.6. The molecule has 1 N–H and O–H groups in total. The molecular formula is C19H27NO4. The summed E-state index contributed by atoms with van der Waals surface area (Å²) in [6, 6.07) is 6.96. The molecule has 1 fully saturated rings. The number of carbonyl (C=O) groups is 2. The Bertz CT molecular complexity index is 586. The number of hydrogen-bond acceptors (Lipinski definition) is 4. The van der Waals surface area contributed by atoms with Crippen LogP contribution in [0.5, 0.6) is 5.75 Å². The number of amides is 1. The summed E-state index contributed by atoms with van der Waals surface area (Å²) in [5, 5.41) is 3.04. The zero-order valence-electron chi connectivity index (χ0n) is 14.9. The Hall–Kier alpha value is -2.04. The predicted octanol–water partition coefficient (Wildman–Crippen LogP) is 3.18. The zero-order chi connectivity index (χ0) is 17.7. The smallest absolute Gasteiger partial charge is 0.342 e. The van der Waals surface area contributed by atoms with E-state index < -0.39 is 12.1 Å². The molecule has 1 saturated carbocycles. The van der Waals surface area contributed by atoms with Crippen LogP contribution in [-0.2, 0) is 9.53 Å². The number of rotatable bonds is 5. The van der Waals surface area contributed by atoms with Crippen LogP contribution in [0.1, 0.15) is 50.4 Å². The first kappa shape index (κ1) is 18.3. The lowest BCUT2D eigenvalue weighted by molar-refractivity contribution is -0.130. The molecule has 2 rings (SSSR count). The molecule has 0 radical (unpaired) electrons. The van der Waals surface area contributed by atoms with E-state index in [4.69, 9.17) is 9.47 Å². The molecule has 0 bridgehead atoms. The molecule has 0 spiro atoms. The van der Waals surface area contributed by atoms with Gasteiger partial charge in [-0.3, -0.25) is 4.79 Å². The first-order valence-corrected chi connectivity index (χ1v) is 8.58. The average Bonchev–Trinajstić information content (AvgIpc) is 2.58. The quantitative estimate of drug-likeness (QED) is 0.841. The fourth-order valence-electron chi connectivity index (χ4n) is 3.18. The van der Waals surface area contributed by atoms with E-state index in [1.54, 1.807) is 31.2 Å². The van der Waals surface area contributed by atoms with Gasteiger partial charge < -0.3 is 14.8 Å².